The van der Waals surface area contributed by atoms with Crippen LogP contribution in [0.1, 0.15) is 70.3 Å². The molecule has 0 amide bonds. The van der Waals surface area contributed by atoms with Crippen LogP contribution in [0.15, 0.2) is 63.8 Å². The molecule has 2 aliphatic heterocycles. The Morgan fingerprint density at radius 1 is 1.37 bits per heavy atom. The smallest absolute Gasteiger partial charge is 0.261 e. The number of fused-ring (bicyclic) bond motifs is 1. The number of aliphatic hydroxyl groups excluding tert-OH is 1. The number of ether oxygens (including phenoxy) is 1. The van der Waals surface area contributed by atoms with E-state index in [2.05, 4.69) is 17.1 Å². The molecule has 0 aliphatic carbocycles. The van der Waals surface area contributed by atoms with Crippen molar-refractivity contribution in [3.63, 3.8) is 0 Å². The van der Waals surface area contributed by atoms with Gasteiger partial charge >= 0.3 is 0 Å². The number of hydrogen-bond donors (Lipinski definition) is 2. The van der Waals surface area contributed by atoms with Gasteiger partial charge in [0.15, 0.2) is 5.60 Å². The lowest BCUT2D eigenvalue weighted by Crippen LogP contribution is -2.39. The summed E-state index contributed by atoms with van der Waals surface area (Å²) in [7, 11) is 0. The Bertz CT molecular complexity index is 1340. The Labute approximate surface area is 222 Å². The summed E-state index contributed by atoms with van der Waals surface area (Å²) in [6.45, 7) is 10.0. The second-order valence-corrected chi connectivity index (χ2v) is 10.2. The number of aliphatic imine (C=N–C) groups is 1. The SMILES string of the molecule is C=CCn1c(CCCCCO)nc2cc(C3CC(C)(C4=NC(C/C=C(\C)F)=C(C)CO4)ON3)ccc2c1=O. The van der Waals surface area contributed by atoms with Crippen LogP contribution in [0.3, 0.4) is 0 Å². The monoisotopic (exact) mass is 524 g/mol. The molecule has 0 bridgehead atoms. The van der Waals surface area contributed by atoms with Gasteiger partial charge in [0, 0.05) is 32.4 Å². The molecule has 0 radical (unpaired) electrons. The average Bonchev–Trinajstić information content (AvgIpc) is 3.31. The first kappa shape index (κ1) is 27.9. The Kier molecular flexibility index (Phi) is 8.91. The van der Waals surface area contributed by atoms with Crippen LogP contribution < -0.4 is 11.0 Å². The van der Waals surface area contributed by atoms with Crippen LogP contribution in [-0.4, -0.2) is 39.4 Å². The number of benzene rings is 1. The molecule has 1 aromatic carbocycles. The van der Waals surface area contributed by atoms with Gasteiger partial charge in [-0.1, -0.05) is 18.6 Å². The number of unbranched alkanes of at least 4 members (excludes halogenated alkanes) is 2. The van der Waals surface area contributed by atoms with Gasteiger partial charge in [-0.15, -0.1) is 6.58 Å². The quantitative estimate of drug-likeness (QED) is 0.318. The van der Waals surface area contributed by atoms with E-state index in [1.165, 1.54) is 13.0 Å². The number of hydroxylamine groups is 1. The van der Waals surface area contributed by atoms with Gasteiger partial charge in [0.25, 0.3) is 5.56 Å². The summed E-state index contributed by atoms with van der Waals surface area (Å²) in [6, 6.07) is 5.51. The summed E-state index contributed by atoms with van der Waals surface area (Å²) in [4.78, 5) is 28.8. The van der Waals surface area contributed by atoms with E-state index in [1.807, 2.05) is 32.0 Å². The van der Waals surface area contributed by atoms with Gasteiger partial charge in [-0.25, -0.2) is 14.4 Å². The van der Waals surface area contributed by atoms with E-state index >= 15 is 0 Å². The first-order chi connectivity index (χ1) is 18.3. The molecule has 0 spiro atoms. The molecule has 204 valence electrons. The van der Waals surface area contributed by atoms with Crippen molar-refractivity contribution >= 4 is 16.8 Å². The lowest BCUT2D eigenvalue weighted by atomic mass is 9.93. The second kappa shape index (κ2) is 12.1. The Hall–Kier alpha value is -3.14. The van der Waals surface area contributed by atoms with E-state index in [-0.39, 0.29) is 24.0 Å². The van der Waals surface area contributed by atoms with Crippen molar-refractivity contribution in [3.8, 4) is 0 Å². The molecule has 1 fully saturated rings. The standard InChI is InChI=1S/C29H37FN4O4/c1-5-14-34-26(9-7-6-8-15-35)31-24-16-21(11-12-22(24)27(34)36)25-17-29(4,38-33-25)28-32-23(13-10-20(3)30)19(2)18-37-28/h5,10-12,16,25,33,35H,1,6-9,13-15,17-18H2,2-4H3/b20-10+. The minimum atomic E-state index is -0.807. The normalized spacial score (nSPS) is 22.1. The van der Waals surface area contributed by atoms with Crippen molar-refractivity contribution in [2.45, 2.75) is 77.5 Å². The fraction of sp³-hybridized carbons (Fsp3) is 0.483. The molecule has 38 heavy (non-hydrogen) atoms. The molecule has 9 heteroatoms. The van der Waals surface area contributed by atoms with E-state index in [1.54, 1.807) is 10.6 Å². The highest BCUT2D eigenvalue weighted by atomic mass is 19.1. The van der Waals surface area contributed by atoms with Crippen LogP contribution in [0.25, 0.3) is 10.9 Å². The maximum Gasteiger partial charge on any atom is 0.261 e. The highest BCUT2D eigenvalue weighted by Crippen LogP contribution is 2.36. The van der Waals surface area contributed by atoms with E-state index < -0.39 is 5.60 Å². The van der Waals surface area contributed by atoms with Gasteiger partial charge in [0.2, 0.25) is 5.90 Å². The molecule has 2 aromatic rings. The van der Waals surface area contributed by atoms with Gasteiger partial charge in [-0.3, -0.25) is 14.2 Å². The van der Waals surface area contributed by atoms with Crippen molar-refractivity contribution in [3.05, 3.63) is 75.8 Å². The predicted octanol–water partition coefficient (Wildman–Crippen LogP) is 4.98. The lowest BCUT2D eigenvalue weighted by molar-refractivity contribution is -0.0136. The third kappa shape index (κ3) is 6.11. The zero-order chi connectivity index (χ0) is 27.3. The van der Waals surface area contributed by atoms with Crippen molar-refractivity contribution in [1.29, 1.82) is 0 Å². The minimum Gasteiger partial charge on any atom is -0.474 e. The fourth-order valence-corrected chi connectivity index (χ4v) is 4.81. The van der Waals surface area contributed by atoms with Gasteiger partial charge in [-0.2, -0.15) is 5.48 Å². The maximum atomic E-state index is 13.3. The predicted molar refractivity (Wildman–Crippen MR) is 146 cm³/mol. The summed E-state index contributed by atoms with van der Waals surface area (Å²) in [6.07, 6.45) is 7.25. The van der Waals surface area contributed by atoms with E-state index in [0.29, 0.717) is 49.2 Å². The average molecular weight is 525 g/mol. The molecule has 2 atom stereocenters. The van der Waals surface area contributed by atoms with Crippen molar-refractivity contribution in [1.82, 2.24) is 15.0 Å². The highest BCUT2D eigenvalue weighted by Gasteiger charge is 2.44. The summed E-state index contributed by atoms with van der Waals surface area (Å²) in [5, 5.41) is 9.63. The number of halogens is 1. The Morgan fingerprint density at radius 3 is 2.92 bits per heavy atom. The molecule has 4 rings (SSSR count). The van der Waals surface area contributed by atoms with Crippen LogP contribution in [0, 0.1) is 0 Å². The van der Waals surface area contributed by atoms with Crippen LogP contribution in [0.5, 0.6) is 0 Å². The second-order valence-electron chi connectivity index (χ2n) is 10.2. The van der Waals surface area contributed by atoms with Crippen LogP contribution in [-0.2, 0) is 22.5 Å². The minimum absolute atomic E-state index is 0.0868. The number of aromatic nitrogens is 2. The molecule has 2 unspecified atom stereocenters. The Balaban J connectivity index is 1.59. The number of rotatable bonds is 11. The molecule has 1 aromatic heterocycles. The molecule has 0 saturated carbocycles. The number of nitrogens with one attached hydrogen (secondary N) is 1. The number of nitrogens with zero attached hydrogens (tertiary/aromatic N) is 3. The third-order valence-corrected chi connectivity index (χ3v) is 7.03. The highest BCUT2D eigenvalue weighted by molar-refractivity contribution is 5.87. The number of aryl methyl sites for hydroxylation is 1. The molecule has 2 N–H and O–H groups in total. The molecular formula is C29H37FN4O4. The van der Waals surface area contributed by atoms with Crippen LogP contribution >= 0.6 is 0 Å². The van der Waals surface area contributed by atoms with Crippen LogP contribution in [0.4, 0.5) is 4.39 Å². The zero-order valence-corrected chi connectivity index (χ0v) is 22.4. The molecular weight excluding hydrogens is 487 g/mol. The lowest BCUT2D eigenvalue weighted by Gasteiger charge is -2.27. The number of hydrogen-bond acceptors (Lipinski definition) is 7. The fourth-order valence-electron chi connectivity index (χ4n) is 4.81. The van der Waals surface area contributed by atoms with Gasteiger partial charge in [0.1, 0.15) is 12.4 Å². The third-order valence-electron chi connectivity index (χ3n) is 7.03. The van der Waals surface area contributed by atoms with Gasteiger partial charge in [-0.05, 0) is 63.0 Å². The van der Waals surface area contributed by atoms with Crippen molar-refractivity contribution in [2.24, 2.45) is 4.99 Å². The molecule has 1 saturated heterocycles. The van der Waals surface area contributed by atoms with Crippen molar-refractivity contribution in [2.75, 3.05) is 13.2 Å². The first-order valence-corrected chi connectivity index (χ1v) is 13.2. The summed E-state index contributed by atoms with van der Waals surface area (Å²) in [5.41, 5.74) is 5.56. The largest absolute Gasteiger partial charge is 0.474 e. The van der Waals surface area contributed by atoms with Gasteiger partial charge in [0.05, 0.1) is 28.5 Å². The number of aliphatic hydroxyl groups is 1. The maximum absolute atomic E-state index is 13.3. The zero-order valence-electron chi connectivity index (χ0n) is 22.4. The summed E-state index contributed by atoms with van der Waals surface area (Å²) < 4.78 is 20.9. The topological polar surface area (TPSA) is 98.0 Å². The van der Waals surface area contributed by atoms with Crippen LogP contribution in [0.2, 0.25) is 0 Å². The summed E-state index contributed by atoms with van der Waals surface area (Å²) >= 11 is 0. The van der Waals surface area contributed by atoms with E-state index in [0.717, 1.165) is 41.9 Å². The summed E-state index contributed by atoms with van der Waals surface area (Å²) in [5.74, 6) is 0.942. The number of allylic oxidation sites excluding steroid dienone is 3. The Morgan fingerprint density at radius 2 is 2.18 bits per heavy atom. The molecule has 2 aliphatic rings. The van der Waals surface area contributed by atoms with Crippen molar-refractivity contribution < 1.29 is 19.1 Å². The van der Waals surface area contributed by atoms with E-state index in [9.17, 15) is 9.18 Å². The first-order valence-electron chi connectivity index (χ1n) is 13.2. The van der Waals surface area contributed by atoms with E-state index in [4.69, 9.17) is 19.7 Å². The molecule has 3 heterocycles. The van der Waals surface area contributed by atoms with Gasteiger partial charge < -0.3 is 9.84 Å². The molecule has 8 nitrogen and oxygen atoms in total.